The number of fused-ring (bicyclic) bond motifs is 1. The molecule has 0 aliphatic carbocycles. The zero-order chi connectivity index (χ0) is 23.5. The second-order valence-corrected chi connectivity index (χ2v) is 8.53. The first kappa shape index (κ1) is 22.8. The molecule has 1 atom stereocenters. The van der Waals surface area contributed by atoms with Crippen LogP contribution in [0, 0.1) is 6.92 Å². The standard InChI is InChI=1S/C21H20ClN7O3S/c1-10-4-12(13-5-17(22)24-9-16(13)32-3)14(7-23-10)18(31)28-21-27-15-8-26-20(25-6-11(2)30)29-19(15)33-21/h4-5,7-9,11,30H,6H2,1-3H3,(H,25,26,29)(H,27,28,31)/t11-/m1/s1. The number of pyridine rings is 2. The van der Waals surface area contributed by atoms with E-state index in [0.717, 1.165) is 5.69 Å². The van der Waals surface area contributed by atoms with Gasteiger partial charge in [0.2, 0.25) is 5.95 Å². The highest BCUT2D eigenvalue weighted by Gasteiger charge is 2.19. The van der Waals surface area contributed by atoms with Gasteiger partial charge in [0.25, 0.3) is 5.91 Å². The molecule has 0 aliphatic heterocycles. The topological polar surface area (TPSA) is 135 Å². The first-order valence-electron chi connectivity index (χ1n) is 9.87. The highest BCUT2D eigenvalue weighted by atomic mass is 35.5. The highest BCUT2D eigenvalue weighted by molar-refractivity contribution is 7.22. The SMILES string of the molecule is COc1cnc(Cl)cc1-c1cc(C)ncc1C(=O)Nc1nc2cnc(NC[C@@H](C)O)nc2s1. The average Bonchev–Trinajstić information content (AvgIpc) is 3.18. The summed E-state index contributed by atoms with van der Waals surface area (Å²) in [6.07, 6.45) is 4.03. The number of amides is 1. The summed E-state index contributed by atoms with van der Waals surface area (Å²) in [5, 5.41) is 15.8. The zero-order valence-corrected chi connectivity index (χ0v) is 19.5. The predicted molar refractivity (Wildman–Crippen MR) is 127 cm³/mol. The summed E-state index contributed by atoms with van der Waals surface area (Å²) < 4.78 is 5.41. The van der Waals surface area contributed by atoms with E-state index in [1.807, 2.05) is 6.92 Å². The summed E-state index contributed by atoms with van der Waals surface area (Å²) in [7, 11) is 1.52. The van der Waals surface area contributed by atoms with Gasteiger partial charge in [0.05, 0.1) is 31.2 Å². The Hall–Kier alpha value is -3.41. The summed E-state index contributed by atoms with van der Waals surface area (Å²) in [5.74, 6) is 0.454. The van der Waals surface area contributed by atoms with Crippen LogP contribution in [0.3, 0.4) is 0 Å². The quantitative estimate of drug-likeness (QED) is 0.336. The second kappa shape index (κ2) is 9.61. The lowest BCUT2D eigenvalue weighted by atomic mass is 10.0. The van der Waals surface area contributed by atoms with Gasteiger partial charge in [0.15, 0.2) is 9.96 Å². The molecule has 0 unspecified atom stereocenters. The van der Waals surface area contributed by atoms with Crippen molar-refractivity contribution in [3.63, 3.8) is 0 Å². The first-order valence-corrected chi connectivity index (χ1v) is 11.1. The molecule has 4 aromatic heterocycles. The molecule has 170 valence electrons. The van der Waals surface area contributed by atoms with Crippen molar-refractivity contribution in [2.45, 2.75) is 20.0 Å². The van der Waals surface area contributed by atoms with E-state index in [1.54, 1.807) is 25.3 Å². The Bertz CT molecular complexity index is 1330. The van der Waals surface area contributed by atoms with Gasteiger partial charge < -0.3 is 15.2 Å². The lowest BCUT2D eigenvalue weighted by molar-refractivity contribution is 0.102. The van der Waals surface area contributed by atoms with E-state index in [-0.39, 0.29) is 5.15 Å². The number of rotatable bonds is 7. The third kappa shape index (κ3) is 5.16. The first-order chi connectivity index (χ1) is 15.8. The monoisotopic (exact) mass is 485 g/mol. The fraction of sp³-hybridized carbons (Fsp3) is 0.238. The molecular formula is C21H20ClN7O3S. The number of nitrogens with zero attached hydrogens (tertiary/aromatic N) is 5. The van der Waals surface area contributed by atoms with E-state index in [4.69, 9.17) is 16.3 Å². The predicted octanol–water partition coefficient (Wildman–Crippen LogP) is 3.56. The van der Waals surface area contributed by atoms with Crippen molar-refractivity contribution < 1.29 is 14.6 Å². The Labute approximate surface area is 198 Å². The summed E-state index contributed by atoms with van der Waals surface area (Å²) in [6, 6.07) is 3.42. The third-order valence-corrected chi connectivity index (χ3v) is 5.64. The molecule has 3 N–H and O–H groups in total. The Balaban J connectivity index is 1.64. The van der Waals surface area contributed by atoms with E-state index in [9.17, 15) is 9.90 Å². The van der Waals surface area contributed by atoms with Crippen molar-refractivity contribution in [1.29, 1.82) is 0 Å². The molecular weight excluding hydrogens is 466 g/mol. The maximum absolute atomic E-state index is 13.2. The third-order valence-electron chi connectivity index (χ3n) is 4.56. The number of carbonyl (C=O) groups excluding carboxylic acids is 1. The molecule has 0 bridgehead atoms. The molecule has 0 spiro atoms. The lowest BCUT2D eigenvalue weighted by Crippen LogP contribution is -2.16. The summed E-state index contributed by atoms with van der Waals surface area (Å²) in [6.45, 7) is 3.81. The van der Waals surface area contributed by atoms with Crippen LogP contribution in [0.15, 0.2) is 30.7 Å². The van der Waals surface area contributed by atoms with Gasteiger partial charge in [-0.25, -0.2) is 19.9 Å². The molecule has 33 heavy (non-hydrogen) atoms. The van der Waals surface area contributed by atoms with Crippen LogP contribution in [0.25, 0.3) is 21.5 Å². The van der Waals surface area contributed by atoms with Crippen molar-refractivity contribution in [3.05, 3.63) is 47.1 Å². The zero-order valence-electron chi connectivity index (χ0n) is 18.0. The molecule has 12 heteroatoms. The maximum Gasteiger partial charge on any atom is 0.259 e. The van der Waals surface area contributed by atoms with Crippen molar-refractivity contribution in [2.24, 2.45) is 0 Å². The number of nitrogens with one attached hydrogen (secondary N) is 2. The Morgan fingerprint density at radius 3 is 2.76 bits per heavy atom. The molecule has 0 aromatic carbocycles. The van der Waals surface area contributed by atoms with Gasteiger partial charge in [-0.05, 0) is 26.0 Å². The molecule has 0 saturated carbocycles. The summed E-state index contributed by atoms with van der Waals surface area (Å²) in [4.78, 5) is 35.0. The van der Waals surface area contributed by atoms with Gasteiger partial charge in [0, 0.05) is 29.6 Å². The number of hydrogen-bond acceptors (Lipinski definition) is 10. The second-order valence-electron chi connectivity index (χ2n) is 7.17. The number of ether oxygens (including phenoxy) is 1. The van der Waals surface area contributed by atoms with Crippen molar-refractivity contribution in [3.8, 4) is 16.9 Å². The minimum absolute atomic E-state index is 0.274. The number of halogens is 1. The number of aliphatic hydroxyl groups is 1. The van der Waals surface area contributed by atoms with Crippen molar-refractivity contribution in [1.82, 2.24) is 24.9 Å². The molecule has 4 rings (SSSR count). The smallest absolute Gasteiger partial charge is 0.259 e. The molecule has 4 aromatic rings. The van der Waals surface area contributed by atoms with Crippen LogP contribution in [-0.4, -0.2) is 55.7 Å². The van der Waals surface area contributed by atoms with Gasteiger partial charge in [-0.1, -0.05) is 22.9 Å². The molecule has 1 amide bonds. The van der Waals surface area contributed by atoms with E-state index >= 15 is 0 Å². The van der Waals surface area contributed by atoms with Gasteiger partial charge >= 0.3 is 0 Å². The van der Waals surface area contributed by atoms with Gasteiger partial charge in [-0.2, -0.15) is 0 Å². The Kier molecular flexibility index (Phi) is 6.63. The summed E-state index contributed by atoms with van der Waals surface area (Å²) in [5.41, 5.74) is 2.82. The van der Waals surface area contributed by atoms with Crippen LogP contribution in [0.5, 0.6) is 5.75 Å². The number of methoxy groups -OCH3 is 1. The molecule has 4 heterocycles. The highest BCUT2D eigenvalue weighted by Crippen LogP contribution is 2.34. The Morgan fingerprint density at radius 1 is 1.18 bits per heavy atom. The number of aromatic nitrogens is 5. The maximum atomic E-state index is 13.2. The molecule has 10 nitrogen and oxygen atoms in total. The molecule has 0 aliphatic rings. The number of aliphatic hydroxyl groups excluding tert-OH is 1. The van der Waals surface area contributed by atoms with Crippen LogP contribution < -0.4 is 15.4 Å². The van der Waals surface area contributed by atoms with Crippen LogP contribution in [0.1, 0.15) is 23.0 Å². The molecule has 0 fully saturated rings. The molecule has 0 radical (unpaired) electrons. The van der Waals surface area contributed by atoms with Crippen molar-refractivity contribution >= 4 is 50.3 Å². The average molecular weight is 486 g/mol. The van der Waals surface area contributed by atoms with Crippen molar-refractivity contribution in [2.75, 3.05) is 24.3 Å². The minimum atomic E-state index is -0.535. The number of anilines is 2. The Morgan fingerprint density at radius 2 is 2.00 bits per heavy atom. The normalized spacial score (nSPS) is 11.9. The van der Waals surface area contributed by atoms with Crippen LogP contribution in [0.2, 0.25) is 5.15 Å². The number of aryl methyl sites for hydroxylation is 1. The van der Waals surface area contributed by atoms with Crippen LogP contribution >= 0.6 is 22.9 Å². The van der Waals surface area contributed by atoms with Gasteiger partial charge in [0.1, 0.15) is 16.4 Å². The number of carbonyl (C=O) groups is 1. The van der Waals surface area contributed by atoms with E-state index in [1.165, 1.54) is 30.8 Å². The van der Waals surface area contributed by atoms with E-state index < -0.39 is 12.0 Å². The summed E-state index contributed by atoms with van der Waals surface area (Å²) >= 11 is 7.31. The fourth-order valence-corrected chi connectivity index (χ4v) is 4.00. The molecule has 0 saturated heterocycles. The van der Waals surface area contributed by atoms with E-state index in [2.05, 4.69) is 35.6 Å². The minimum Gasteiger partial charge on any atom is -0.494 e. The fourth-order valence-electron chi connectivity index (χ4n) is 3.03. The van der Waals surface area contributed by atoms with Gasteiger partial charge in [-0.3, -0.25) is 15.1 Å². The number of thiazole rings is 1. The van der Waals surface area contributed by atoms with Crippen LogP contribution in [0.4, 0.5) is 11.1 Å². The van der Waals surface area contributed by atoms with Gasteiger partial charge in [-0.15, -0.1) is 0 Å². The van der Waals surface area contributed by atoms with E-state index in [0.29, 0.717) is 50.4 Å². The lowest BCUT2D eigenvalue weighted by Gasteiger charge is -2.13. The van der Waals surface area contributed by atoms with Crippen LogP contribution in [-0.2, 0) is 0 Å². The number of hydrogen-bond donors (Lipinski definition) is 3. The largest absolute Gasteiger partial charge is 0.494 e.